The summed E-state index contributed by atoms with van der Waals surface area (Å²) in [5.74, 6) is 0.496. The highest BCUT2D eigenvalue weighted by Gasteiger charge is 2.40. The van der Waals surface area contributed by atoms with E-state index in [1.807, 2.05) is 18.2 Å². The van der Waals surface area contributed by atoms with E-state index in [0.29, 0.717) is 12.5 Å². The van der Waals surface area contributed by atoms with Gasteiger partial charge in [-0.3, -0.25) is 0 Å². The zero-order chi connectivity index (χ0) is 12.4. The lowest BCUT2D eigenvalue weighted by Gasteiger charge is -2.22. The highest BCUT2D eigenvalue weighted by Crippen LogP contribution is 2.34. The van der Waals surface area contributed by atoms with E-state index in [1.165, 1.54) is 24.1 Å². The fourth-order valence-electron chi connectivity index (χ4n) is 2.83. The van der Waals surface area contributed by atoms with E-state index in [1.54, 1.807) is 0 Å². The third-order valence-electron chi connectivity index (χ3n) is 3.88. The lowest BCUT2D eigenvalue weighted by Crippen LogP contribution is -2.32. The molecule has 2 aliphatic rings. The quantitative estimate of drug-likeness (QED) is 0.816. The molecule has 1 aromatic carbocycles. The molecular weight excluding hydrogens is 226 g/mol. The minimum Gasteiger partial charge on any atom is -0.389 e. The number of benzene rings is 1. The molecule has 0 aromatic heterocycles. The Kier molecular flexibility index (Phi) is 3.33. The van der Waals surface area contributed by atoms with Crippen LogP contribution in [0.1, 0.15) is 31.7 Å². The van der Waals surface area contributed by atoms with Crippen LogP contribution in [0.5, 0.6) is 0 Å². The third kappa shape index (κ3) is 2.27. The molecule has 3 nitrogen and oxygen atoms in total. The molecule has 1 aliphatic heterocycles. The van der Waals surface area contributed by atoms with Gasteiger partial charge in [0.15, 0.2) is 6.10 Å². The summed E-state index contributed by atoms with van der Waals surface area (Å²) in [6.45, 7) is 2.73. The van der Waals surface area contributed by atoms with Gasteiger partial charge in [-0.05, 0) is 31.7 Å². The van der Waals surface area contributed by atoms with Crippen molar-refractivity contribution in [2.24, 2.45) is 11.1 Å². The van der Waals surface area contributed by atoms with Gasteiger partial charge in [0, 0.05) is 5.92 Å². The Hall–Kier alpha value is -1.35. The van der Waals surface area contributed by atoms with Gasteiger partial charge >= 0.3 is 0 Å². The molecule has 1 aliphatic carbocycles. The molecule has 0 radical (unpaired) electrons. The molecule has 18 heavy (non-hydrogen) atoms. The Morgan fingerprint density at radius 1 is 1.39 bits per heavy atom. The van der Waals surface area contributed by atoms with Gasteiger partial charge in [0.05, 0.1) is 18.4 Å². The molecule has 1 heterocycles. The molecule has 0 unspecified atom stereocenters. The van der Waals surface area contributed by atoms with Crippen molar-refractivity contribution >= 4 is 5.71 Å². The number of rotatable bonds is 4. The summed E-state index contributed by atoms with van der Waals surface area (Å²) >= 11 is 0. The summed E-state index contributed by atoms with van der Waals surface area (Å²) in [6, 6.07) is 10.3. The van der Waals surface area contributed by atoms with Crippen LogP contribution in [0.15, 0.2) is 35.5 Å². The zero-order valence-corrected chi connectivity index (χ0v) is 10.7. The van der Waals surface area contributed by atoms with Gasteiger partial charge in [-0.15, -0.1) is 0 Å². The molecule has 1 saturated carbocycles. The van der Waals surface area contributed by atoms with Crippen LogP contribution in [0.25, 0.3) is 0 Å². The van der Waals surface area contributed by atoms with Gasteiger partial charge in [-0.2, -0.15) is 0 Å². The fraction of sp³-hybridized carbons (Fsp3) is 0.533. The first-order valence-electron chi connectivity index (χ1n) is 6.72. The Bertz CT molecular complexity index is 429. The molecule has 96 valence electrons. The van der Waals surface area contributed by atoms with Crippen LogP contribution in [-0.2, 0) is 16.2 Å². The predicted molar refractivity (Wildman–Crippen MR) is 70.3 cm³/mol. The van der Waals surface area contributed by atoms with E-state index < -0.39 is 0 Å². The lowest BCUT2D eigenvalue weighted by atomic mass is 9.96. The van der Waals surface area contributed by atoms with Gasteiger partial charge in [0.25, 0.3) is 0 Å². The SMILES string of the molecule is C[C@H](OCc1ccccc1)[C@@H]1ON=C2CCC[C@H]21. The second-order valence-electron chi connectivity index (χ2n) is 5.15. The number of fused-ring (bicyclic) bond motifs is 1. The maximum absolute atomic E-state index is 5.92. The maximum Gasteiger partial charge on any atom is 0.161 e. The van der Waals surface area contributed by atoms with Crippen LogP contribution in [0.3, 0.4) is 0 Å². The van der Waals surface area contributed by atoms with Gasteiger partial charge in [-0.25, -0.2) is 0 Å². The molecule has 0 N–H and O–H groups in total. The number of ether oxygens (including phenoxy) is 1. The molecule has 0 spiro atoms. The minimum absolute atomic E-state index is 0.0922. The number of hydrogen-bond donors (Lipinski definition) is 0. The van der Waals surface area contributed by atoms with Crippen LogP contribution in [0, 0.1) is 5.92 Å². The molecule has 3 heteroatoms. The highest BCUT2D eigenvalue weighted by atomic mass is 16.7. The predicted octanol–water partition coefficient (Wildman–Crippen LogP) is 3.15. The monoisotopic (exact) mass is 245 g/mol. The van der Waals surface area contributed by atoms with Crippen LogP contribution >= 0.6 is 0 Å². The number of hydrogen-bond acceptors (Lipinski definition) is 3. The largest absolute Gasteiger partial charge is 0.389 e. The van der Waals surface area contributed by atoms with E-state index in [9.17, 15) is 0 Å². The van der Waals surface area contributed by atoms with E-state index >= 15 is 0 Å². The second-order valence-corrected chi connectivity index (χ2v) is 5.15. The Morgan fingerprint density at radius 2 is 2.22 bits per heavy atom. The van der Waals surface area contributed by atoms with Crippen molar-refractivity contribution in [3.05, 3.63) is 35.9 Å². The first-order valence-corrected chi connectivity index (χ1v) is 6.72. The van der Waals surface area contributed by atoms with Gasteiger partial charge < -0.3 is 9.57 Å². The number of nitrogens with zero attached hydrogens (tertiary/aromatic N) is 1. The summed E-state index contributed by atoms with van der Waals surface area (Å²) in [5, 5.41) is 4.19. The molecule has 0 amide bonds. The Labute approximate surface area is 108 Å². The topological polar surface area (TPSA) is 30.8 Å². The van der Waals surface area contributed by atoms with Gasteiger partial charge in [0.2, 0.25) is 0 Å². The standard InChI is InChI=1S/C15H19NO2/c1-11(17-10-12-6-3-2-4-7-12)15-13-8-5-9-14(13)16-18-15/h2-4,6-7,11,13,15H,5,8-10H2,1H3/t11-,13+,15-/m0/s1. The van der Waals surface area contributed by atoms with Crippen LogP contribution < -0.4 is 0 Å². The average molecular weight is 245 g/mol. The highest BCUT2D eigenvalue weighted by molar-refractivity contribution is 5.89. The summed E-state index contributed by atoms with van der Waals surface area (Å²) < 4.78 is 5.92. The van der Waals surface area contributed by atoms with Crippen LogP contribution in [0.4, 0.5) is 0 Å². The maximum atomic E-state index is 5.92. The van der Waals surface area contributed by atoms with E-state index in [0.717, 1.165) is 6.42 Å². The summed E-state index contributed by atoms with van der Waals surface area (Å²) in [4.78, 5) is 5.53. The van der Waals surface area contributed by atoms with E-state index in [2.05, 4.69) is 24.2 Å². The molecule has 3 rings (SSSR count). The van der Waals surface area contributed by atoms with Crippen molar-refractivity contribution in [3.8, 4) is 0 Å². The third-order valence-corrected chi connectivity index (χ3v) is 3.88. The Morgan fingerprint density at radius 3 is 3.06 bits per heavy atom. The number of oxime groups is 1. The van der Waals surface area contributed by atoms with Gasteiger partial charge in [0.1, 0.15) is 0 Å². The van der Waals surface area contributed by atoms with E-state index in [4.69, 9.17) is 9.57 Å². The molecule has 0 saturated heterocycles. The molecule has 0 bridgehead atoms. The normalized spacial score (nSPS) is 27.5. The van der Waals surface area contributed by atoms with Crippen molar-refractivity contribution in [1.82, 2.24) is 0 Å². The van der Waals surface area contributed by atoms with E-state index in [-0.39, 0.29) is 12.2 Å². The molecular formula is C15H19NO2. The first kappa shape index (κ1) is 11.7. The first-order chi connectivity index (χ1) is 8.84. The van der Waals surface area contributed by atoms with Crippen LogP contribution in [0.2, 0.25) is 0 Å². The minimum atomic E-state index is 0.0922. The van der Waals surface area contributed by atoms with Crippen molar-refractivity contribution in [1.29, 1.82) is 0 Å². The molecule has 3 atom stereocenters. The smallest absolute Gasteiger partial charge is 0.161 e. The summed E-state index contributed by atoms with van der Waals surface area (Å²) in [6.07, 6.45) is 3.75. The zero-order valence-electron chi connectivity index (χ0n) is 10.7. The second kappa shape index (κ2) is 5.11. The summed E-state index contributed by atoms with van der Waals surface area (Å²) in [5.41, 5.74) is 2.45. The van der Waals surface area contributed by atoms with Crippen molar-refractivity contribution in [3.63, 3.8) is 0 Å². The molecule has 1 aromatic rings. The van der Waals surface area contributed by atoms with Crippen molar-refractivity contribution in [2.45, 2.75) is 45.0 Å². The Balaban J connectivity index is 1.55. The molecule has 1 fully saturated rings. The average Bonchev–Trinajstić information content (AvgIpc) is 2.99. The van der Waals surface area contributed by atoms with Crippen LogP contribution in [-0.4, -0.2) is 17.9 Å². The van der Waals surface area contributed by atoms with Gasteiger partial charge in [-0.1, -0.05) is 35.5 Å². The summed E-state index contributed by atoms with van der Waals surface area (Å²) in [7, 11) is 0. The van der Waals surface area contributed by atoms with Crippen molar-refractivity contribution in [2.75, 3.05) is 0 Å². The lowest BCUT2D eigenvalue weighted by molar-refractivity contribution is -0.0715. The van der Waals surface area contributed by atoms with Crippen molar-refractivity contribution < 1.29 is 9.57 Å². The fourth-order valence-corrected chi connectivity index (χ4v) is 2.83.